The summed E-state index contributed by atoms with van der Waals surface area (Å²) >= 11 is 0. The number of ether oxygens (including phenoxy) is 1. The number of carbonyl (C=O) groups excluding carboxylic acids is 1. The van der Waals surface area contributed by atoms with Crippen LogP contribution >= 0.6 is 0 Å². The first-order chi connectivity index (χ1) is 11.1. The van der Waals surface area contributed by atoms with Crippen molar-refractivity contribution in [3.05, 3.63) is 71.1 Å². The number of benzene rings is 2. The van der Waals surface area contributed by atoms with Crippen LogP contribution < -0.4 is 4.85 Å². The minimum absolute atomic E-state index is 0.358. The average Bonchev–Trinajstić information content (AvgIpc) is 2.96. The fourth-order valence-electron chi connectivity index (χ4n) is 2.27. The molecule has 0 radical (unpaired) electrons. The van der Waals surface area contributed by atoms with Crippen molar-refractivity contribution >= 4 is 5.97 Å². The summed E-state index contributed by atoms with van der Waals surface area (Å²) in [6.45, 7) is 1.97. The molecule has 0 saturated heterocycles. The van der Waals surface area contributed by atoms with Gasteiger partial charge in [-0.3, -0.25) is 0 Å². The Morgan fingerprint density at radius 2 is 1.96 bits per heavy atom. The Morgan fingerprint density at radius 3 is 2.65 bits per heavy atom. The van der Waals surface area contributed by atoms with Gasteiger partial charge in [-0.2, -0.15) is 0 Å². The number of methoxy groups -OCH3 is 1. The maximum absolute atomic E-state index is 12.5. The largest absolute Gasteiger partial charge is 0.692 e. The Kier molecular flexibility index (Phi) is 3.80. The number of hydrogen-bond donors (Lipinski definition) is 0. The summed E-state index contributed by atoms with van der Waals surface area (Å²) in [7, 11) is 1.32. The van der Waals surface area contributed by atoms with E-state index in [9.17, 15) is 10.0 Å². The van der Waals surface area contributed by atoms with Crippen LogP contribution in [0.15, 0.2) is 54.7 Å². The Morgan fingerprint density at radius 1 is 1.22 bits per heavy atom. The van der Waals surface area contributed by atoms with Crippen LogP contribution in [0.4, 0.5) is 0 Å². The van der Waals surface area contributed by atoms with E-state index in [4.69, 9.17) is 4.74 Å². The standard InChI is InChI=1S/C17H15N3O3/c1-12-6-8-15(9-7-12)19-18-11-16(20(19)22)13-4-3-5-14(10-13)17(21)23-2/h3-11H,1-2H3. The highest BCUT2D eigenvalue weighted by atomic mass is 16.5. The van der Waals surface area contributed by atoms with Crippen LogP contribution in [0, 0.1) is 12.1 Å². The zero-order valence-electron chi connectivity index (χ0n) is 12.8. The molecular weight excluding hydrogens is 294 g/mol. The van der Waals surface area contributed by atoms with Gasteiger partial charge >= 0.3 is 5.97 Å². The molecule has 1 heterocycles. The fraction of sp³-hybridized carbons (Fsp3) is 0.118. The van der Waals surface area contributed by atoms with E-state index in [1.165, 1.54) is 18.1 Å². The second kappa shape index (κ2) is 5.92. The molecule has 0 N–H and O–H groups in total. The second-order valence-electron chi connectivity index (χ2n) is 5.10. The Hall–Kier alpha value is -3.15. The number of carbonyl (C=O) groups is 1. The van der Waals surface area contributed by atoms with Gasteiger partial charge in [-0.15, -0.1) is 4.85 Å². The molecule has 2 aromatic carbocycles. The lowest BCUT2D eigenvalue weighted by Gasteiger charge is -2.07. The molecular formula is C17H15N3O3. The van der Waals surface area contributed by atoms with Crippen molar-refractivity contribution in [3.63, 3.8) is 0 Å². The summed E-state index contributed by atoms with van der Waals surface area (Å²) in [5.41, 5.74) is 3.11. The highest BCUT2D eigenvalue weighted by Crippen LogP contribution is 2.18. The summed E-state index contributed by atoms with van der Waals surface area (Å²) in [6.07, 6.45) is 1.48. The summed E-state index contributed by atoms with van der Waals surface area (Å²) in [6, 6.07) is 14.2. The van der Waals surface area contributed by atoms with Crippen molar-refractivity contribution < 1.29 is 14.4 Å². The molecule has 1 aromatic heterocycles. The first-order valence-corrected chi connectivity index (χ1v) is 7.04. The first kappa shape index (κ1) is 14.8. The van der Waals surface area contributed by atoms with Gasteiger partial charge in [0, 0.05) is 10.7 Å². The smallest absolute Gasteiger partial charge is 0.337 e. The molecule has 3 rings (SSSR count). The van der Waals surface area contributed by atoms with E-state index in [2.05, 4.69) is 5.10 Å². The van der Waals surface area contributed by atoms with Crippen molar-refractivity contribution in [2.75, 3.05) is 7.11 Å². The Balaban J connectivity index is 2.02. The van der Waals surface area contributed by atoms with E-state index < -0.39 is 5.97 Å². The van der Waals surface area contributed by atoms with E-state index in [-0.39, 0.29) is 0 Å². The third-order valence-electron chi connectivity index (χ3n) is 3.51. The molecule has 23 heavy (non-hydrogen) atoms. The molecule has 0 atom stereocenters. The van der Waals surface area contributed by atoms with Gasteiger partial charge in [-0.1, -0.05) is 29.8 Å². The van der Waals surface area contributed by atoms with Crippen LogP contribution in [0.25, 0.3) is 16.9 Å². The van der Waals surface area contributed by atoms with Gasteiger partial charge in [0.25, 0.3) is 0 Å². The van der Waals surface area contributed by atoms with Crippen LogP contribution in [-0.2, 0) is 4.74 Å². The lowest BCUT2D eigenvalue weighted by Crippen LogP contribution is -2.38. The molecule has 116 valence electrons. The van der Waals surface area contributed by atoms with Crippen LogP contribution in [0.3, 0.4) is 0 Å². The van der Waals surface area contributed by atoms with Gasteiger partial charge in [0.1, 0.15) is 5.69 Å². The van der Waals surface area contributed by atoms with E-state index in [1.54, 1.807) is 24.3 Å². The fourth-order valence-corrected chi connectivity index (χ4v) is 2.27. The molecule has 0 bridgehead atoms. The third kappa shape index (κ3) is 2.78. The summed E-state index contributed by atoms with van der Waals surface area (Å²) < 4.78 is 4.70. The third-order valence-corrected chi connectivity index (χ3v) is 3.51. The molecule has 0 spiro atoms. The molecule has 0 amide bonds. The molecule has 0 aliphatic rings. The number of esters is 1. The highest BCUT2D eigenvalue weighted by molar-refractivity contribution is 5.90. The Labute approximate surface area is 133 Å². The average molecular weight is 309 g/mol. The number of nitrogens with zero attached hydrogens (tertiary/aromatic N) is 3. The number of aromatic nitrogens is 3. The summed E-state index contributed by atoms with van der Waals surface area (Å²) in [5.74, 6) is -0.449. The van der Waals surface area contributed by atoms with E-state index in [0.29, 0.717) is 27.4 Å². The van der Waals surface area contributed by atoms with Gasteiger partial charge in [0.15, 0.2) is 0 Å². The lowest BCUT2D eigenvalue weighted by atomic mass is 10.1. The van der Waals surface area contributed by atoms with Crippen molar-refractivity contribution in [1.29, 1.82) is 0 Å². The van der Waals surface area contributed by atoms with Gasteiger partial charge in [-0.05, 0) is 36.0 Å². The maximum Gasteiger partial charge on any atom is 0.337 e. The number of aryl methyl sites for hydroxylation is 1. The monoisotopic (exact) mass is 309 g/mol. The maximum atomic E-state index is 12.5. The van der Waals surface area contributed by atoms with Gasteiger partial charge in [-0.25, -0.2) is 4.79 Å². The lowest BCUT2D eigenvalue weighted by molar-refractivity contribution is -0.678. The predicted octanol–water partition coefficient (Wildman–Crippen LogP) is 2.27. The van der Waals surface area contributed by atoms with Crippen LogP contribution in [0.1, 0.15) is 15.9 Å². The predicted molar refractivity (Wildman–Crippen MR) is 84.0 cm³/mol. The molecule has 6 nitrogen and oxygen atoms in total. The molecule has 0 unspecified atom stereocenters. The summed E-state index contributed by atoms with van der Waals surface area (Å²) in [5, 5.41) is 16.6. The van der Waals surface area contributed by atoms with Crippen LogP contribution in [0.2, 0.25) is 0 Å². The summed E-state index contributed by atoms with van der Waals surface area (Å²) in [4.78, 5) is 13.6. The molecule has 6 heteroatoms. The van der Waals surface area contributed by atoms with Crippen molar-refractivity contribution in [1.82, 2.24) is 9.90 Å². The number of hydrogen-bond acceptors (Lipinski definition) is 4. The normalized spacial score (nSPS) is 10.5. The van der Waals surface area contributed by atoms with E-state index in [1.807, 2.05) is 31.2 Å². The minimum atomic E-state index is -0.449. The van der Waals surface area contributed by atoms with E-state index >= 15 is 0 Å². The van der Waals surface area contributed by atoms with Gasteiger partial charge < -0.3 is 9.94 Å². The first-order valence-electron chi connectivity index (χ1n) is 7.04. The molecule has 0 aliphatic carbocycles. The SMILES string of the molecule is COC(=O)c1cccc(-c2cnn(-c3ccc(C)cc3)[n+]2[O-])c1. The molecule has 0 saturated carbocycles. The minimum Gasteiger partial charge on any atom is -0.692 e. The Bertz CT molecular complexity index is 854. The zero-order valence-corrected chi connectivity index (χ0v) is 12.8. The van der Waals surface area contributed by atoms with Crippen molar-refractivity contribution in [2.24, 2.45) is 0 Å². The van der Waals surface area contributed by atoms with Gasteiger partial charge in [0.2, 0.25) is 11.9 Å². The van der Waals surface area contributed by atoms with Crippen molar-refractivity contribution in [3.8, 4) is 16.9 Å². The van der Waals surface area contributed by atoms with Gasteiger partial charge in [0.05, 0.1) is 12.7 Å². The quantitative estimate of drug-likeness (QED) is 0.423. The molecule has 0 aliphatic heterocycles. The number of rotatable bonds is 3. The van der Waals surface area contributed by atoms with Crippen LogP contribution in [-0.4, -0.2) is 23.0 Å². The molecule has 0 fully saturated rings. The second-order valence-corrected chi connectivity index (χ2v) is 5.10. The molecule has 3 aromatic rings. The zero-order chi connectivity index (χ0) is 16.4. The van der Waals surface area contributed by atoms with Crippen LogP contribution in [0.5, 0.6) is 0 Å². The van der Waals surface area contributed by atoms with E-state index in [0.717, 1.165) is 5.56 Å². The topological polar surface area (TPSA) is 71.1 Å². The van der Waals surface area contributed by atoms with Crippen molar-refractivity contribution in [2.45, 2.75) is 6.92 Å². The highest BCUT2D eigenvalue weighted by Gasteiger charge is 2.17.